The second-order valence-corrected chi connectivity index (χ2v) is 15.9. The molecule has 1 atom stereocenters. The van der Waals surface area contributed by atoms with Crippen molar-refractivity contribution in [3.05, 3.63) is 35.9 Å². The van der Waals surface area contributed by atoms with Gasteiger partial charge in [-0.25, -0.2) is 0 Å². The number of rotatable bonds is 19. The fraction of sp³-hybridized carbons (Fsp3) is 0.730. The summed E-state index contributed by atoms with van der Waals surface area (Å²) in [4.78, 5) is 54.7. The molecule has 0 fully saturated rings. The van der Waals surface area contributed by atoms with Gasteiger partial charge in [0.25, 0.3) is 0 Å². The van der Waals surface area contributed by atoms with Gasteiger partial charge in [-0.3, -0.25) is 29.0 Å². The molecule has 0 N–H and O–H groups in total. The second-order valence-electron chi connectivity index (χ2n) is 15.9. The van der Waals surface area contributed by atoms with Gasteiger partial charge in [-0.2, -0.15) is 0 Å². The SMILES string of the molecule is CC(C)(C)OC(=O)CN(CCOCCOCCN(CC(=O)OC(C)(C)C)C(Cc1ccccc1)C(=O)OC(C)(C)C)CC(=O)OC(C)(C)C. The summed E-state index contributed by atoms with van der Waals surface area (Å²) >= 11 is 0. The molecular formula is C37H62N2O10. The van der Waals surface area contributed by atoms with E-state index in [1.54, 1.807) is 92.9 Å². The van der Waals surface area contributed by atoms with E-state index in [0.29, 0.717) is 13.0 Å². The highest BCUT2D eigenvalue weighted by Gasteiger charge is 2.33. The molecule has 12 heteroatoms. The molecule has 0 saturated heterocycles. The average molecular weight is 695 g/mol. The van der Waals surface area contributed by atoms with E-state index in [4.69, 9.17) is 28.4 Å². The lowest BCUT2D eigenvalue weighted by Gasteiger charge is -2.32. The molecule has 0 bridgehead atoms. The lowest BCUT2D eigenvalue weighted by atomic mass is 10.0. The monoisotopic (exact) mass is 694 g/mol. The Kier molecular flexibility index (Phi) is 17.9. The van der Waals surface area contributed by atoms with Crippen LogP contribution in [0.15, 0.2) is 30.3 Å². The predicted molar refractivity (Wildman–Crippen MR) is 187 cm³/mol. The predicted octanol–water partition coefficient (Wildman–Crippen LogP) is 4.60. The van der Waals surface area contributed by atoms with Gasteiger partial charge < -0.3 is 28.4 Å². The van der Waals surface area contributed by atoms with Crippen LogP contribution in [0.2, 0.25) is 0 Å². The van der Waals surface area contributed by atoms with Crippen LogP contribution in [0.1, 0.15) is 88.6 Å². The van der Waals surface area contributed by atoms with E-state index < -0.39 is 52.3 Å². The lowest BCUT2D eigenvalue weighted by Crippen LogP contribution is -2.49. The van der Waals surface area contributed by atoms with Crippen LogP contribution in [-0.4, -0.2) is 121 Å². The Morgan fingerprint density at radius 1 is 0.551 bits per heavy atom. The maximum atomic E-state index is 13.5. The Labute approximate surface area is 294 Å². The molecule has 0 aromatic heterocycles. The van der Waals surface area contributed by atoms with E-state index >= 15 is 0 Å². The third-order valence-electron chi connectivity index (χ3n) is 6.14. The third-order valence-corrected chi connectivity index (χ3v) is 6.14. The molecule has 0 saturated carbocycles. The minimum Gasteiger partial charge on any atom is -0.459 e. The summed E-state index contributed by atoms with van der Waals surface area (Å²) < 4.78 is 33.8. The standard InChI is InChI=1S/C37H62N2O10/c1-34(2,3)46-30(40)25-38(26-31(41)47-35(4,5)6)18-20-44-22-23-45-21-19-39(27-32(42)48-36(7,8)9)29(33(43)49-37(10,11)12)24-28-16-14-13-15-17-28/h13-17,29H,18-27H2,1-12H3. The molecule has 12 nitrogen and oxygen atoms in total. The van der Waals surface area contributed by atoms with Crippen molar-refractivity contribution in [3.8, 4) is 0 Å². The minimum atomic E-state index is -0.755. The van der Waals surface area contributed by atoms with Gasteiger partial charge in [0.15, 0.2) is 0 Å². The zero-order valence-electron chi connectivity index (χ0n) is 32.0. The summed E-state index contributed by atoms with van der Waals surface area (Å²) in [5.41, 5.74) is -1.78. The van der Waals surface area contributed by atoms with Crippen LogP contribution in [0, 0.1) is 0 Å². The fourth-order valence-corrected chi connectivity index (χ4v) is 4.48. The first-order chi connectivity index (χ1) is 22.4. The number of hydrogen-bond acceptors (Lipinski definition) is 12. The Balaban J connectivity index is 2.83. The highest BCUT2D eigenvalue weighted by atomic mass is 16.6. The highest BCUT2D eigenvalue weighted by molar-refractivity contribution is 5.79. The number of carbonyl (C=O) groups is 4. The Bertz CT molecular complexity index is 1130. The zero-order valence-corrected chi connectivity index (χ0v) is 32.0. The molecule has 0 heterocycles. The van der Waals surface area contributed by atoms with Crippen molar-refractivity contribution < 1.29 is 47.6 Å². The topological polar surface area (TPSA) is 130 Å². The molecular weight excluding hydrogens is 632 g/mol. The van der Waals surface area contributed by atoms with E-state index in [2.05, 4.69) is 0 Å². The number of benzene rings is 1. The first kappa shape index (κ1) is 44.0. The molecule has 0 radical (unpaired) electrons. The van der Waals surface area contributed by atoms with Crippen LogP contribution in [-0.2, 0) is 54.0 Å². The van der Waals surface area contributed by atoms with Gasteiger partial charge in [-0.15, -0.1) is 0 Å². The van der Waals surface area contributed by atoms with Crippen molar-refractivity contribution in [2.75, 3.05) is 59.2 Å². The molecule has 49 heavy (non-hydrogen) atoms. The summed E-state index contributed by atoms with van der Waals surface area (Å²) in [6.45, 7) is 22.7. The van der Waals surface area contributed by atoms with Crippen molar-refractivity contribution >= 4 is 23.9 Å². The molecule has 1 rings (SSSR count). The van der Waals surface area contributed by atoms with Crippen molar-refractivity contribution in [2.45, 2.75) is 118 Å². The molecule has 0 aliphatic heterocycles. The van der Waals surface area contributed by atoms with Gasteiger partial charge in [-0.05, 0) is 95.1 Å². The minimum absolute atomic E-state index is 0.0916. The Hall–Kier alpha value is -3.06. The van der Waals surface area contributed by atoms with E-state index in [0.717, 1.165) is 5.56 Å². The molecule has 1 aromatic carbocycles. The van der Waals surface area contributed by atoms with Gasteiger partial charge >= 0.3 is 23.9 Å². The van der Waals surface area contributed by atoms with Crippen molar-refractivity contribution in [3.63, 3.8) is 0 Å². The number of nitrogens with zero attached hydrogens (tertiary/aromatic N) is 2. The van der Waals surface area contributed by atoms with Crippen molar-refractivity contribution in [2.24, 2.45) is 0 Å². The van der Waals surface area contributed by atoms with E-state index in [9.17, 15) is 19.2 Å². The quantitative estimate of drug-likeness (QED) is 0.114. The normalized spacial score (nSPS) is 13.3. The van der Waals surface area contributed by atoms with Crippen molar-refractivity contribution in [1.29, 1.82) is 0 Å². The van der Waals surface area contributed by atoms with Crippen LogP contribution in [0.5, 0.6) is 0 Å². The van der Waals surface area contributed by atoms with E-state index in [-0.39, 0.29) is 52.6 Å². The smallest absolute Gasteiger partial charge is 0.324 e. The van der Waals surface area contributed by atoms with E-state index in [1.807, 2.05) is 30.3 Å². The number of esters is 4. The van der Waals surface area contributed by atoms with Crippen LogP contribution in [0.3, 0.4) is 0 Å². The van der Waals surface area contributed by atoms with Gasteiger partial charge in [0.1, 0.15) is 28.4 Å². The first-order valence-corrected chi connectivity index (χ1v) is 17.0. The maximum absolute atomic E-state index is 13.5. The fourth-order valence-electron chi connectivity index (χ4n) is 4.48. The molecule has 0 aliphatic carbocycles. The summed E-state index contributed by atoms with van der Waals surface area (Å²) in [6.07, 6.45) is 0.338. The van der Waals surface area contributed by atoms with Gasteiger partial charge in [0, 0.05) is 13.1 Å². The van der Waals surface area contributed by atoms with Crippen LogP contribution in [0.4, 0.5) is 0 Å². The average Bonchev–Trinajstić information content (AvgIpc) is 2.88. The van der Waals surface area contributed by atoms with Crippen LogP contribution >= 0.6 is 0 Å². The summed E-state index contributed by atoms with van der Waals surface area (Å²) in [7, 11) is 0. The summed E-state index contributed by atoms with van der Waals surface area (Å²) in [6, 6.07) is 8.81. The zero-order chi connectivity index (χ0) is 37.5. The summed E-state index contributed by atoms with van der Waals surface area (Å²) in [5.74, 6) is -1.80. The van der Waals surface area contributed by atoms with Gasteiger partial charge in [0.2, 0.25) is 0 Å². The van der Waals surface area contributed by atoms with Crippen molar-refractivity contribution in [1.82, 2.24) is 9.80 Å². The number of ether oxygens (including phenoxy) is 6. The van der Waals surface area contributed by atoms with Gasteiger partial charge in [-0.1, -0.05) is 30.3 Å². The number of hydrogen-bond donors (Lipinski definition) is 0. The van der Waals surface area contributed by atoms with E-state index in [1.165, 1.54) is 0 Å². The van der Waals surface area contributed by atoms with Crippen LogP contribution < -0.4 is 0 Å². The first-order valence-electron chi connectivity index (χ1n) is 17.0. The molecule has 1 unspecified atom stereocenters. The molecule has 280 valence electrons. The Morgan fingerprint density at radius 2 is 0.959 bits per heavy atom. The second kappa shape index (κ2) is 20.0. The van der Waals surface area contributed by atoms with Gasteiger partial charge in [0.05, 0.1) is 46.1 Å². The lowest BCUT2D eigenvalue weighted by molar-refractivity contribution is -0.166. The largest absolute Gasteiger partial charge is 0.459 e. The summed E-state index contributed by atoms with van der Waals surface area (Å²) in [5, 5.41) is 0. The Morgan fingerprint density at radius 3 is 1.39 bits per heavy atom. The molecule has 0 aliphatic rings. The number of carbonyl (C=O) groups excluding carboxylic acids is 4. The van der Waals surface area contributed by atoms with Crippen LogP contribution in [0.25, 0.3) is 0 Å². The molecule has 0 amide bonds. The third kappa shape index (κ3) is 23.1. The molecule has 0 spiro atoms. The highest BCUT2D eigenvalue weighted by Crippen LogP contribution is 2.17. The maximum Gasteiger partial charge on any atom is 0.324 e. The molecule has 1 aromatic rings.